The van der Waals surface area contributed by atoms with Crippen LogP contribution in [0.3, 0.4) is 0 Å². The van der Waals surface area contributed by atoms with Crippen molar-refractivity contribution in [3.05, 3.63) is 29.6 Å². The number of carbonyl (C=O) groups excluding carboxylic acids is 1. The molecule has 2 amide bonds. The van der Waals surface area contributed by atoms with E-state index in [-0.39, 0.29) is 17.9 Å². The Morgan fingerprint density at radius 1 is 1.23 bits per heavy atom. The van der Waals surface area contributed by atoms with Crippen LogP contribution in [0.15, 0.2) is 18.2 Å². The number of hydrogen-bond acceptors (Lipinski definition) is 3. The summed E-state index contributed by atoms with van der Waals surface area (Å²) in [5.74, 6) is 0.544. The van der Waals surface area contributed by atoms with E-state index >= 15 is 0 Å². The number of carbonyl (C=O) groups is 1. The fourth-order valence-electron chi connectivity index (χ4n) is 4.77. The van der Waals surface area contributed by atoms with E-state index in [0.717, 1.165) is 69.2 Å². The monoisotopic (exact) mass is 360 g/mol. The first-order chi connectivity index (χ1) is 12.6. The van der Waals surface area contributed by atoms with Crippen molar-refractivity contribution in [2.45, 2.75) is 44.7 Å². The van der Waals surface area contributed by atoms with E-state index in [9.17, 15) is 9.18 Å². The van der Waals surface area contributed by atoms with E-state index < -0.39 is 0 Å². The van der Waals surface area contributed by atoms with Gasteiger partial charge in [-0.1, -0.05) is 0 Å². The summed E-state index contributed by atoms with van der Waals surface area (Å²) in [6.07, 6.45) is 4.39. The van der Waals surface area contributed by atoms with Crippen LogP contribution in [-0.4, -0.2) is 55.7 Å². The van der Waals surface area contributed by atoms with Crippen LogP contribution >= 0.6 is 0 Å². The lowest BCUT2D eigenvalue weighted by molar-refractivity contribution is 0.157. The largest absolute Gasteiger partial charge is 0.369 e. The number of nitrogens with zero attached hydrogens (tertiary/aromatic N) is 2. The zero-order valence-electron chi connectivity index (χ0n) is 15.5. The van der Waals surface area contributed by atoms with Crippen LogP contribution in [0.4, 0.5) is 14.9 Å². The molecule has 4 rings (SSSR count). The molecule has 26 heavy (non-hydrogen) atoms. The summed E-state index contributed by atoms with van der Waals surface area (Å²) in [4.78, 5) is 17.0. The summed E-state index contributed by atoms with van der Waals surface area (Å²) in [6, 6.07) is 5.64. The molecule has 0 bridgehead atoms. The first kappa shape index (κ1) is 17.6. The van der Waals surface area contributed by atoms with Gasteiger partial charge in [-0.2, -0.15) is 0 Å². The number of piperidine rings is 2. The molecular weight excluding hydrogens is 331 g/mol. The Kier molecular flexibility index (Phi) is 5.02. The van der Waals surface area contributed by atoms with E-state index in [1.54, 1.807) is 6.07 Å². The highest BCUT2D eigenvalue weighted by atomic mass is 19.1. The number of halogens is 1. The summed E-state index contributed by atoms with van der Waals surface area (Å²) in [5, 5.41) is 6.77. The Morgan fingerprint density at radius 2 is 2.12 bits per heavy atom. The van der Waals surface area contributed by atoms with E-state index in [1.165, 1.54) is 12.5 Å². The molecule has 1 unspecified atom stereocenters. The second-order valence-corrected chi connectivity index (χ2v) is 8.01. The third-order valence-corrected chi connectivity index (χ3v) is 6.21. The number of rotatable bonds is 2. The predicted octanol–water partition coefficient (Wildman–Crippen LogP) is 2.50. The Labute approximate surface area is 154 Å². The third-order valence-electron chi connectivity index (χ3n) is 6.21. The van der Waals surface area contributed by atoms with Gasteiger partial charge in [0.2, 0.25) is 0 Å². The lowest BCUT2D eigenvalue weighted by Gasteiger charge is -2.38. The SMILES string of the molecule is Cc1cc(F)ccc1N1CCCC(NC(=O)N2CC[C@@H]3CCN[C@@H]3C2)C1. The summed E-state index contributed by atoms with van der Waals surface area (Å²) in [5.41, 5.74) is 2.02. The normalized spacial score (nSPS) is 28.8. The number of anilines is 1. The minimum absolute atomic E-state index is 0.0693. The number of fused-ring (bicyclic) bond motifs is 1. The molecule has 6 heteroatoms. The van der Waals surface area contributed by atoms with Crippen molar-refractivity contribution in [1.29, 1.82) is 0 Å². The number of aryl methyl sites for hydroxylation is 1. The standard InChI is InChI=1S/C20H29FN4O/c1-14-11-16(21)4-5-19(14)24-9-2-3-17(12-24)23-20(26)25-10-7-15-6-8-22-18(15)13-25/h4-5,11,15,17-18,22H,2-3,6-10,12-13H2,1H3,(H,23,26)/t15-,17?,18+/m0/s1. The molecule has 142 valence electrons. The van der Waals surface area contributed by atoms with Gasteiger partial charge in [0.05, 0.1) is 0 Å². The molecule has 3 aliphatic heterocycles. The average molecular weight is 360 g/mol. The number of likely N-dealkylation sites (tertiary alicyclic amines) is 1. The van der Waals surface area contributed by atoms with Gasteiger partial charge in [0.1, 0.15) is 5.82 Å². The highest BCUT2D eigenvalue weighted by molar-refractivity contribution is 5.75. The van der Waals surface area contributed by atoms with Gasteiger partial charge in [-0.3, -0.25) is 0 Å². The maximum Gasteiger partial charge on any atom is 0.317 e. The molecule has 1 aromatic rings. The highest BCUT2D eigenvalue weighted by Crippen LogP contribution is 2.26. The third kappa shape index (κ3) is 3.65. The van der Waals surface area contributed by atoms with Crippen molar-refractivity contribution in [3.63, 3.8) is 0 Å². The van der Waals surface area contributed by atoms with Gasteiger partial charge in [0.25, 0.3) is 0 Å². The molecule has 3 saturated heterocycles. The zero-order chi connectivity index (χ0) is 18.1. The van der Waals surface area contributed by atoms with Crippen LogP contribution in [0.1, 0.15) is 31.2 Å². The quantitative estimate of drug-likeness (QED) is 0.852. The van der Waals surface area contributed by atoms with Crippen LogP contribution < -0.4 is 15.5 Å². The van der Waals surface area contributed by atoms with Gasteiger partial charge in [-0.15, -0.1) is 0 Å². The molecule has 1 aromatic carbocycles. The highest BCUT2D eigenvalue weighted by Gasteiger charge is 2.35. The maximum absolute atomic E-state index is 13.4. The molecule has 0 radical (unpaired) electrons. The van der Waals surface area contributed by atoms with Gasteiger partial charge in [-0.25, -0.2) is 9.18 Å². The molecular formula is C20H29FN4O. The molecule has 3 aliphatic rings. The number of amides is 2. The first-order valence-corrected chi connectivity index (χ1v) is 9.90. The van der Waals surface area contributed by atoms with Crippen molar-refractivity contribution in [2.75, 3.05) is 37.6 Å². The second kappa shape index (κ2) is 7.43. The molecule has 3 atom stereocenters. The van der Waals surface area contributed by atoms with Crippen molar-refractivity contribution in [1.82, 2.24) is 15.5 Å². The molecule has 0 saturated carbocycles. The summed E-state index contributed by atoms with van der Waals surface area (Å²) >= 11 is 0. The first-order valence-electron chi connectivity index (χ1n) is 9.90. The molecule has 3 heterocycles. The van der Waals surface area contributed by atoms with Crippen LogP contribution in [-0.2, 0) is 0 Å². The number of benzene rings is 1. The van der Waals surface area contributed by atoms with Crippen LogP contribution in [0.25, 0.3) is 0 Å². The Hall–Kier alpha value is -1.82. The Balaban J connectivity index is 1.35. The fraction of sp³-hybridized carbons (Fsp3) is 0.650. The lowest BCUT2D eigenvalue weighted by Crippen LogP contribution is -2.56. The maximum atomic E-state index is 13.4. The van der Waals surface area contributed by atoms with Gasteiger partial charge < -0.3 is 20.4 Å². The topological polar surface area (TPSA) is 47.6 Å². The van der Waals surface area contributed by atoms with Gasteiger partial charge in [-0.05, 0) is 68.8 Å². The van der Waals surface area contributed by atoms with Crippen LogP contribution in [0, 0.1) is 18.7 Å². The van der Waals surface area contributed by atoms with Gasteiger partial charge >= 0.3 is 6.03 Å². The zero-order valence-corrected chi connectivity index (χ0v) is 15.5. The number of urea groups is 1. The van der Waals surface area contributed by atoms with Crippen LogP contribution in [0.2, 0.25) is 0 Å². The fourth-order valence-corrected chi connectivity index (χ4v) is 4.77. The molecule has 3 fully saturated rings. The van der Waals surface area contributed by atoms with E-state index in [1.807, 2.05) is 17.9 Å². The van der Waals surface area contributed by atoms with Crippen LogP contribution in [0.5, 0.6) is 0 Å². The predicted molar refractivity (Wildman–Crippen MR) is 101 cm³/mol. The van der Waals surface area contributed by atoms with Crippen molar-refractivity contribution in [2.24, 2.45) is 5.92 Å². The molecule has 0 aromatic heterocycles. The van der Waals surface area contributed by atoms with Gasteiger partial charge in [0, 0.05) is 44.0 Å². The lowest BCUT2D eigenvalue weighted by atomic mass is 9.93. The molecule has 5 nitrogen and oxygen atoms in total. The minimum atomic E-state index is -0.197. The Bertz CT molecular complexity index is 667. The summed E-state index contributed by atoms with van der Waals surface area (Å²) in [6.45, 7) is 6.46. The molecule has 0 spiro atoms. The van der Waals surface area contributed by atoms with E-state index in [2.05, 4.69) is 15.5 Å². The average Bonchev–Trinajstić information content (AvgIpc) is 3.09. The minimum Gasteiger partial charge on any atom is -0.369 e. The number of hydrogen-bond donors (Lipinski definition) is 2. The van der Waals surface area contributed by atoms with Gasteiger partial charge in [0.15, 0.2) is 0 Å². The second-order valence-electron chi connectivity index (χ2n) is 8.01. The van der Waals surface area contributed by atoms with Crippen molar-refractivity contribution < 1.29 is 9.18 Å². The summed E-state index contributed by atoms with van der Waals surface area (Å²) in [7, 11) is 0. The van der Waals surface area contributed by atoms with E-state index in [0.29, 0.717) is 6.04 Å². The number of nitrogens with one attached hydrogen (secondary N) is 2. The smallest absolute Gasteiger partial charge is 0.317 e. The summed E-state index contributed by atoms with van der Waals surface area (Å²) < 4.78 is 13.4. The molecule has 0 aliphatic carbocycles. The van der Waals surface area contributed by atoms with Crippen molar-refractivity contribution in [3.8, 4) is 0 Å². The van der Waals surface area contributed by atoms with E-state index in [4.69, 9.17) is 0 Å². The Morgan fingerprint density at radius 3 is 2.96 bits per heavy atom. The molecule has 2 N–H and O–H groups in total. The van der Waals surface area contributed by atoms with Crippen molar-refractivity contribution >= 4 is 11.7 Å².